The van der Waals surface area contributed by atoms with E-state index in [2.05, 4.69) is 17.2 Å². The van der Waals surface area contributed by atoms with Crippen LogP contribution in [0.3, 0.4) is 0 Å². The molecule has 8 nitrogen and oxygen atoms in total. The number of nitrogens with one attached hydrogen (secondary N) is 2. The average molecular weight is 383 g/mol. The molecular formula is C20H21N3O5. The van der Waals surface area contributed by atoms with Crippen molar-refractivity contribution in [2.45, 2.75) is 19.6 Å². The minimum absolute atomic E-state index is 0.0199. The highest BCUT2D eigenvalue weighted by Gasteiger charge is 2.22. The molecular weight excluding hydrogens is 362 g/mol. The van der Waals surface area contributed by atoms with E-state index in [1.54, 1.807) is 0 Å². The summed E-state index contributed by atoms with van der Waals surface area (Å²) in [4.78, 5) is 34.9. The van der Waals surface area contributed by atoms with Gasteiger partial charge in [0.2, 0.25) is 0 Å². The fourth-order valence-corrected chi connectivity index (χ4v) is 2.36. The average Bonchev–Trinajstić information content (AvgIpc) is 2.70. The number of anilines is 1. The number of amides is 1. The molecule has 0 aromatic heterocycles. The Kier molecular flexibility index (Phi) is 7.27. The fourth-order valence-electron chi connectivity index (χ4n) is 2.36. The first-order valence-corrected chi connectivity index (χ1v) is 8.58. The van der Waals surface area contributed by atoms with Crippen LogP contribution in [0.1, 0.15) is 22.8 Å². The quantitative estimate of drug-likeness (QED) is 0.298. The number of nitrogens with zero attached hydrogens (tertiary/aromatic N) is 1. The number of carbonyl (C=O) groups is 2. The van der Waals surface area contributed by atoms with Crippen LogP contribution in [0.5, 0.6) is 0 Å². The molecule has 1 atom stereocenters. The van der Waals surface area contributed by atoms with Crippen molar-refractivity contribution >= 4 is 23.3 Å². The number of non-ortho nitro benzene ring substituents is 1. The monoisotopic (exact) mass is 383 g/mol. The van der Waals surface area contributed by atoms with E-state index in [9.17, 15) is 19.7 Å². The van der Waals surface area contributed by atoms with Gasteiger partial charge in [-0.2, -0.15) is 0 Å². The summed E-state index contributed by atoms with van der Waals surface area (Å²) in [5.41, 5.74) is 1.07. The molecule has 0 bridgehead atoms. The lowest BCUT2D eigenvalue weighted by Gasteiger charge is -2.15. The molecule has 2 rings (SSSR count). The first-order chi connectivity index (χ1) is 13.4. The Morgan fingerprint density at radius 2 is 1.96 bits per heavy atom. The van der Waals surface area contributed by atoms with Gasteiger partial charge in [0, 0.05) is 30.9 Å². The lowest BCUT2D eigenvalue weighted by molar-refractivity contribution is -0.384. The second kappa shape index (κ2) is 9.86. The molecule has 0 aliphatic heterocycles. The zero-order chi connectivity index (χ0) is 20.5. The van der Waals surface area contributed by atoms with Crippen molar-refractivity contribution in [1.29, 1.82) is 0 Å². The molecule has 0 spiro atoms. The molecule has 0 fully saturated rings. The Morgan fingerprint density at radius 3 is 2.61 bits per heavy atom. The molecule has 8 heteroatoms. The molecule has 28 heavy (non-hydrogen) atoms. The van der Waals surface area contributed by atoms with E-state index in [-0.39, 0.29) is 17.8 Å². The Morgan fingerprint density at radius 1 is 1.25 bits per heavy atom. The fraction of sp³-hybridized carbons (Fsp3) is 0.200. The zero-order valence-corrected chi connectivity index (χ0v) is 15.4. The van der Waals surface area contributed by atoms with E-state index in [1.807, 2.05) is 30.3 Å². The number of rotatable bonds is 9. The lowest BCUT2D eigenvalue weighted by Crippen LogP contribution is -2.36. The third kappa shape index (κ3) is 5.66. The minimum atomic E-state index is -1.06. The van der Waals surface area contributed by atoms with Crippen LogP contribution >= 0.6 is 0 Å². The van der Waals surface area contributed by atoms with E-state index in [0.717, 1.165) is 11.6 Å². The second-order valence-corrected chi connectivity index (χ2v) is 5.91. The SMILES string of the molecule is C=CCNC(=O)[C@H](C)OC(=O)c1cc([N+](=O)[O-])ccc1NCc1ccccc1. The maximum absolute atomic E-state index is 12.6. The highest BCUT2D eigenvalue weighted by Crippen LogP contribution is 2.24. The zero-order valence-electron chi connectivity index (χ0n) is 15.4. The summed E-state index contributed by atoms with van der Waals surface area (Å²) in [6.07, 6.45) is 0.437. The van der Waals surface area contributed by atoms with Gasteiger partial charge < -0.3 is 15.4 Å². The Hall–Kier alpha value is -3.68. The van der Waals surface area contributed by atoms with Crippen molar-refractivity contribution in [3.05, 3.63) is 82.4 Å². The molecule has 0 saturated carbocycles. The van der Waals surface area contributed by atoms with E-state index in [0.29, 0.717) is 12.2 Å². The topological polar surface area (TPSA) is 111 Å². The molecule has 1 amide bonds. The van der Waals surface area contributed by atoms with Gasteiger partial charge in [-0.05, 0) is 18.6 Å². The highest BCUT2D eigenvalue weighted by molar-refractivity contribution is 5.98. The molecule has 0 unspecified atom stereocenters. The van der Waals surface area contributed by atoms with Crippen molar-refractivity contribution in [3.63, 3.8) is 0 Å². The largest absolute Gasteiger partial charge is 0.449 e. The molecule has 0 radical (unpaired) electrons. The van der Waals surface area contributed by atoms with Crippen molar-refractivity contribution in [2.24, 2.45) is 0 Å². The van der Waals surface area contributed by atoms with E-state index < -0.39 is 22.9 Å². The van der Waals surface area contributed by atoms with Gasteiger partial charge >= 0.3 is 5.97 Å². The molecule has 0 saturated heterocycles. The summed E-state index contributed by atoms with van der Waals surface area (Å²) in [5.74, 6) is -1.32. The number of nitro groups is 1. The second-order valence-electron chi connectivity index (χ2n) is 5.91. The number of esters is 1. The van der Waals surface area contributed by atoms with Crippen LogP contribution in [0.2, 0.25) is 0 Å². The number of carbonyl (C=O) groups excluding carboxylic acids is 2. The molecule has 0 aliphatic carbocycles. The van der Waals surface area contributed by atoms with E-state index in [4.69, 9.17) is 4.74 Å². The van der Waals surface area contributed by atoms with Crippen LogP contribution in [0.4, 0.5) is 11.4 Å². The van der Waals surface area contributed by atoms with Crippen molar-refractivity contribution in [1.82, 2.24) is 5.32 Å². The normalized spacial score (nSPS) is 11.2. The molecule has 2 N–H and O–H groups in total. The van der Waals surface area contributed by atoms with Gasteiger partial charge in [-0.3, -0.25) is 14.9 Å². The van der Waals surface area contributed by atoms with Gasteiger partial charge in [0.25, 0.3) is 11.6 Å². The van der Waals surface area contributed by atoms with Gasteiger partial charge in [0.1, 0.15) is 0 Å². The van der Waals surface area contributed by atoms with Crippen LogP contribution in [-0.2, 0) is 16.1 Å². The number of benzene rings is 2. The Bertz CT molecular complexity index is 867. The molecule has 2 aromatic carbocycles. The van der Waals surface area contributed by atoms with Crippen LogP contribution < -0.4 is 10.6 Å². The molecule has 0 heterocycles. The Labute approximate surface area is 162 Å². The summed E-state index contributed by atoms with van der Waals surface area (Å²) < 4.78 is 5.17. The summed E-state index contributed by atoms with van der Waals surface area (Å²) in [7, 11) is 0. The van der Waals surface area contributed by atoms with Gasteiger partial charge in [-0.15, -0.1) is 6.58 Å². The van der Waals surface area contributed by atoms with Crippen LogP contribution in [-0.4, -0.2) is 29.4 Å². The third-order valence-corrected chi connectivity index (χ3v) is 3.83. The van der Waals surface area contributed by atoms with Crippen molar-refractivity contribution in [3.8, 4) is 0 Å². The van der Waals surface area contributed by atoms with Gasteiger partial charge in [-0.1, -0.05) is 36.4 Å². The first-order valence-electron chi connectivity index (χ1n) is 8.58. The number of hydrogen-bond acceptors (Lipinski definition) is 6. The van der Waals surface area contributed by atoms with E-state index in [1.165, 1.54) is 25.1 Å². The van der Waals surface area contributed by atoms with Crippen LogP contribution in [0.25, 0.3) is 0 Å². The predicted octanol–water partition coefficient (Wildman–Crippen LogP) is 3.05. The molecule has 2 aromatic rings. The number of hydrogen-bond donors (Lipinski definition) is 2. The lowest BCUT2D eigenvalue weighted by atomic mass is 10.1. The predicted molar refractivity (Wildman–Crippen MR) is 105 cm³/mol. The summed E-state index contributed by atoms with van der Waals surface area (Å²) in [5, 5.41) is 16.7. The van der Waals surface area contributed by atoms with Crippen molar-refractivity contribution < 1.29 is 19.2 Å². The standard InChI is InChI=1S/C20H21N3O5/c1-3-11-21-19(24)14(2)28-20(25)17-12-16(23(26)27)9-10-18(17)22-13-15-7-5-4-6-8-15/h3-10,12,14,22H,1,11,13H2,2H3,(H,21,24)/t14-/m0/s1. The summed E-state index contributed by atoms with van der Waals surface area (Å²) in [6, 6.07) is 13.3. The Balaban J connectivity index is 2.19. The van der Waals surface area contributed by atoms with Crippen LogP contribution in [0.15, 0.2) is 61.2 Å². The number of nitro benzene ring substituents is 1. The van der Waals surface area contributed by atoms with Crippen LogP contribution in [0, 0.1) is 10.1 Å². The highest BCUT2D eigenvalue weighted by atomic mass is 16.6. The van der Waals surface area contributed by atoms with E-state index >= 15 is 0 Å². The van der Waals surface area contributed by atoms with Gasteiger partial charge in [-0.25, -0.2) is 4.79 Å². The molecule has 0 aliphatic rings. The third-order valence-electron chi connectivity index (χ3n) is 3.83. The van der Waals surface area contributed by atoms with Gasteiger partial charge in [0.15, 0.2) is 6.10 Å². The first kappa shape index (κ1) is 20.6. The smallest absolute Gasteiger partial charge is 0.341 e. The summed E-state index contributed by atoms with van der Waals surface area (Å²) in [6.45, 7) is 5.56. The van der Waals surface area contributed by atoms with Gasteiger partial charge in [0.05, 0.1) is 10.5 Å². The summed E-state index contributed by atoms with van der Waals surface area (Å²) >= 11 is 0. The molecule has 146 valence electrons. The minimum Gasteiger partial charge on any atom is -0.449 e. The maximum Gasteiger partial charge on any atom is 0.341 e. The van der Waals surface area contributed by atoms with Crippen molar-refractivity contribution in [2.75, 3.05) is 11.9 Å². The maximum atomic E-state index is 12.6. The number of ether oxygens (including phenoxy) is 1.